The van der Waals surface area contributed by atoms with E-state index in [2.05, 4.69) is 10.2 Å². The van der Waals surface area contributed by atoms with Gasteiger partial charge in [0.25, 0.3) is 0 Å². The van der Waals surface area contributed by atoms with Crippen molar-refractivity contribution in [2.45, 2.75) is 6.54 Å². The summed E-state index contributed by atoms with van der Waals surface area (Å²) in [7, 11) is 3.63. The standard InChI is InChI=1S/C13H20ClFN2O/c1-17(7-5-16-6-8-18-2)10-11-9-12(14)3-4-13(11)15/h3-4,9,16H,5-8,10H2,1-2H3. The number of nitrogens with one attached hydrogen (secondary N) is 1. The summed E-state index contributed by atoms with van der Waals surface area (Å²) in [6.45, 7) is 3.78. The van der Waals surface area contributed by atoms with Gasteiger partial charge in [-0.3, -0.25) is 0 Å². The highest BCUT2D eigenvalue weighted by molar-refractivity contribution is 6.30. The maximum absolute atomic E-state index is 13.5. The molecular formula is C13H20ClFN2O. The van der Waals surface area contributed by atoms with E-state index < -0.39 is 0 Å². The van der Waals surface area contributed by atoms with Crippen molar-refractivity contribution in [3.05, 3.63) is 34.6 Å². The summed E-state index contributed by atoms with van der Waals surface area (Å²) in [6.07, 6.45) is 0. The van der Waals surface area contributed by atoms with Gasteiger partial charge in [-0.25, -0.2) is 4.39 Å². The van der Waals surface area contributed by atoms with Gasteiger partial charge in [-0.1, -0.05) is 11.6 Å². The van der Waals surface area contributed by atoms with Crippen molar-refractivity contribution in [3.8, 4) is 0 Å². The van der Waals surface area contributed by atoms with Crippen LogP contribution in [0.2, 0.25) is 5.02 Å². The highest BCUT2D eigenvalue weighted by atomic mass is 35.5. The molecule has 0 atom stereocenters. The molecular weight excluding hydrogens is 255 g/mol. The van der Waals surface area contributed by atoms with E-state index in [4.69, 9.17) is 16.3 Å². The Labute approximate surface area is 113 Å². The lowest BCUT2D eigenvalue weighted by molar-refractivity contribution is 0.197. The molecule has 0 saturated heterocycles. The van der Waals surface area contributed by atoms with Crippen LogP contribution < -0.4 is 5.32 Å². The molecule has 1 rings (SSSR count). The van der Waals surface area contributed by atoms with Crippen molar-refractivity contribution in [2.75, 3.05) is 40.4 Å². The molecule has 0 spiro atoms. The van der Waals surface area contributed by atoms with E-state index in [9.17, 15) is 4.39 Å². The van der Waals surface area contributed by atoms with E-state index in [1.165, 1.54) is 6.07 Å². The van der Waals surface area contributed by atoms with E-state index in [0.29, 0.717) is 23.7 Å². The molecule has 0 amide bonds. The summed E-state index contributed by atoms with van der Waals surface area (Å²) >= 11 is 5.85. The zero-order valence-electron chi connectivity index (χ0n) is 10.9. The molecule has 18 heavy (non-hydrogen) atoms. The smallest absolute Gasteiger partial charge is 0.127 e. The number of hydrogen-bond donors (Lipinski definition) is 1. The number of methoxy groups -OCH3 is 1. The third-order valence-electron chi connectivity index (χ3n) is 2.60. The Balaban J connectivity index is 2.30. The first-order valence-corrected chi connectivity index (χ1v) is 6.33. The molecule has 0 saturated carbocycles. The Kier molecular flexibility index (Phi) is 7.20. The quantitative estimate of drug-likeness (QED) is 0.735. The molecule has 5 heteroatoms. The average molecular weight is 275 g/mol. The lowest BCUT2D eigenvalue weighted by Gasteiger charge is -2.17. The molecule has 1 aromatic carbocycles. The van der Waals surface area contributed by atoms with Gasteiger partial charge in [-0.15, -0.1) is 0 Å². The van der Waals surface area contributed by atoms with Gasteiger partial charge in [0.15, 0.2) is 0 Å². The van der Waals surface area contributed by atoms with Crippen molar-refractivity contribution >= 4 is 11.6 Å². The number of benzene rings is 1. The van der Waals surface area contributed by atoms with Crippen LogP contribution in [0.15, 0.2) is 18.2 Å². The van der Waals surface area contributed by atoms with Crippen molar-refractivity contribution in [3.63, 3.8) is 0 Å². The van der Waals surface area contributed by atoms with Crippen LogP contribution in [-0.4, -0.2) is 45.3 Å². The second kappa shape index (κ2) is 8.43. The normalized spacial score (nSPS) is 11.2. The van der Waals surface area contributed by atoms with Gasteiger partial charge in [-0.2, -0.15) is 0 Å². The van der Waals surface area contributed by atoms with E-state index in [1.54, 1.807) is 19.2 Å². The summed E-state index contributed by atoms with van der Waals surface area (Å²) in [6, 6.07) is 4.64. The second-order valence-electron chi connectivity index (χ2n) is 4.22. The summed E-state index contributed by atoms with van der Waals surface area (Å²) in [5, 5.41) is 3.81. The molecule has 0 unspecified atom stereocenters. The summed E-state index contributed by atoms with van der Waals surface area (Å²) in [5.41, 5.74) is 0.627. The van der Waals surface area contributed by atoms with Crippen LogP contribution in [0.3, 0.4) is 0 Å². The molecule has 0 aliphatic rings. The average Bonchev–Trinajstić information content (AvgIpc) is 2.33. The van der Waals surface area contributed by atoms with Gasteiger partial charge < -0.3 is 15.0 Å². The van der Waals surface area contributed by atoms with Crippen molar-refractivity contribution in [1.29, 1.82) is 0 Å². The molecule has 0 bridgehead atoms. The Morgan fingerprint density at radius 3 is 2.89 bits per heavy atom. The fourth-order valence-electron chi connectivity index (χ4n) is 1.60. The third kappa shape index (κ3) is 5.78. The van der Waals surface area contributed by atoms with Crippen molar-refractivity contribution in [1.82, 2.24) is 10.2 Å². The number of likely N-dealkylation sites (N-methyl/N-ethyl adjacent to an activating group) is 1. The highest BCUT2D eigenvalue weighted by Crippen LogP contribution is 2.15. The van der Waals surface area contributed by atoms with Crippen LogP contribution in [0.4, 0.5) is 4.39 Å². The van der Waals surface area contributed by atoms with Gasteiger partial charge in [0.2, 0.25) is 0 Å². The van der Waals surface area contributed by atoms with E-state index in [1.807, 2.05) is 7.05 Å². The van der Waals surface area contributed by atoms with Gasteiger partial charge in [-0.05, 0) is 25.2 Å². The van der Waals surface area contributed by atoms with Crippen LogP contribution in [0.5, 0.6) is 0 Å². The molecule has 0 aromatic heterocycles. The molecule has 1 N–H and O–H groups in total. The lowest BCUT2D eigenvalue weighted by atomic mass is 10.2. The third-order valence-corrected chi connectivity index (χ3v) is 2.84. The van der Waals surface area contributed by atoms with Crippen LogP contribution in [0.25, 0.3) is 0 Å². The van der Waals surface area contributed by atoms with E-state index in [0.717, 1.165) is 19.6 Å². The van der Waals surface area contributed by atoms with Crippen molar-refractivity contribution in [2.24, 2.45) is 0 Å². The fourth-order valence-corrected chi connectivity index (χ4v) is 1.80. The van der Waals surface area contributed by atoms with Crippen LogP contribution in [0.1, 0.15) is 5.56 Å². The zero-order chi connectivity index (χ0) is 13.4. The highest BCUT2D eigenvalue weighted by Gasteiger charge is 2.06. The summed E-state index contributed by atoms with van der Waals surface area (Å²) in [5.74, 6) is -0.210. The van der Waals surface area contributed by atoms with Gasteiger partial charge >= 0.3 is 0 Å². The molecule has 0 aliphatic heterocycles. The van der Waals surface area contributed by atoms with Crippen LogP contribution in [-0.2, 0) is 11.3 Å². The SMILES string of the molecule is COCCNCCN(C)Cc1cc(Cl)ccc1F. The fraction of sp³-hybridized carbons (Fsp3) is 0.538. The number of nitrogens with zero attached hydrogens (tertiary/aromatic N) is 1. The van der Waals surface area contributed by atoms with Gasteiger partial charge in [0.1, 0.15) is 5.82 Å². The molecule has 0 radical (unpaired) electrons. The minimum Gasteiger partial charge on any atom is -0.383 e. The predicted molar refractivity (Wildman–Crippen MR) is 72.5 cm³/mol. The van der Waals surface area contributed by atoms with E-state index >= 15 is 0 Å². The van der Waals surface area contributed by atoms with Gasteiger partial charge in [0, 0.05) is 43.9 Å². The molecule has 1 aromatic rings. The summed E-state index contributed by atoms with van der Waals surface area (Å²) < 4.78 is 18.4. The Morgan fingerprint density at radius 2 is 2.17 bits per heavy atom. The lowest BCUT2D eigenvalue weighted by Crippen LogP contribution is -2.30. The first-order chi connectivity index (χ1) is 8.63. The molecule has 0 heterocycles. The number of halogens is 2. The number of hydrogen-bond acceptors (Lipinski definition) is 3. The largest absolute Gasteiger partial charge is 0.383 e. The zero-order valence-corrected chi connectivity index (χ0v) is 11.6. The minimum atomic E-state index is -0.210. The maximum Gasteiger partial charge on any atom is 0.127 e. The van der Waals surface area contributed by atoms with Crippen molar-refractivity contribution < 1.29 is 9.13 Å². The Bertz CT molecular complexity index is 363. The van der Waals surface area contributed by atoms with Crippen LogP contribution >= 0.6 is 11.6 Å². The van der Waals surface area contributed by atoms with E-state index in [-0.39, 0.29) is 5.82 Å². The molecule has 3 nitrogen and oxygen atoms in total. The topological polar surface area (TPSA) is 24.5 Å². The summed E-state index contributed by atoms with van der Waals surface area (Å²) in [4.78, 5) is 2.05. The van der Waals surface area contributed by atoms with Gasteiger partial charge in [0.05, 0.1) is 6.61 Å². The Hall–Kier alpha value is -0.680. The maximum atomic E-state index is 13.5. The molecule has 0 fully saturated rings. The first-order valence-electron chi connectivity index (χ1n) is 5.95. The number of rotatable bonds is 8. The second-order valence-corrected chi connectivity index (χ2v) is 4.65. The Morgan fingerprint density at radius 1 is 1.39 bits per heavy atom. The number of ether oxygens (including phenoxy) is 1. The predicted octanol–water partition coefficient (Wildman–Crippen LogP) is 2.15. The molecule has 0 aliphatic carbocycles. The molecule has 102 valence electrons. The minimum absolute atomic E-state index is 0.210. The van der Waals surface area contributed by atoms with Crippen LogP contribution in [0, 0.1) is 5.82 Å². The first kappa shape index (κ1) is 15.4. The monoisotopic (exact) mass is 274 g/mol.